The van der Waals surface area contributed by atoms with Crippen LogP contribution in [0.1, 0.15) is 10.4 Å². The van der Waals surface area contributed by atoms with Gasteiger partial charge in [-0.25, -0.2) is 19.7 Å². The van der Waals surface area contributed by atoms with E-state index in [0.717, 1.165) is 15.6 Å². The SMILES string of the molecule is COc1cc(-c2nc(-c3cc(C(=O)O)cs3)cs2)ncn1. The van der Waals surface area contributed by atoms with Crippen molar-refractivity contribution in [1.29, 1.82) is 0 Å². The standard InChI is InChI=1S/C13H9N3O3S2/c1-19-11-3-8(14-6-15-11)12-16-9(5-21-12)10-2-7(4-20-10)13(17)18/h2-6H,1H3,(H,17,18). The van der Waals surface area contributed by atoms with E-state index in [4.69, 9.17) is 9.84 Å². The third-order valence-electron chi connectivity index (χ3n) is 2.67. The number of nitrogens with zero attached hydrogens (tertiary/aromatic N) is 3. The summed E-state index contributed by atoms with van der Waals surface area (Å²) in [5.41, 5.74) is 1.69. The number of carbonyl (C=O) groups is 1. The van der Waals surface area contributed by atoms with Crippen LogP contribution in [-0.4, -0.2) is 33.1 Å². The van der Waals surface area contributed by atoms with Crippen molar-refractivity contribution < 1.29 is 14.6 Å². The van der Waals surface area contributed by atoms with Crippen molar-refractivity contribution >= 4 is 28.6 Å². The number of carboxylic acids is 1. The second-order valence-electron chi connectivity index (χ2n) is 3.99. The van der Waals surface area contributed by atoms with Crippen molar-refractivity contribution in [1.82, 2.24) is 15.0 Å². The van der Waals surface area contributed by atoms with Gasteiger partial charge in [0.1, 0.15) is 17.0 Å². The molecule has 3 heterocycles. The maximum atomic E-state index is 10.9. The number of hydrogen-bond acceptors (Lipinski definition) is 7. The molecule has 6 nitrogen and oxygen atoms in total. The number of thiazole rings is 1. The van der Waals surface area contributed by atoms with E-state index in [1.165, 1.54) is 29.0 Å². The van der Waals surface area contributed by atoms with E-state index in [0.29, 0.717) is 11.6 Å². The Balaban J connectivity index is 1.93. The van der Waals surface area contributed by atoms with E-state index < -0.39 is 5.97 Å². The normalized spacial score (nSPS) is 10.5. The lowest BCUT2D eigenvalue weighted by molar-refractivity contribution is 0.0697. The first-order chi connectivity index (χ1) is 10.2. The maximum absolute atomic E-state index is 10.9. The average molecular weight is 319 g/mol. The number of methoxy groups -OCH3 is 1. The summed E-state index contributed by atoms with van der Waals surface area (Å²) >= 11 is 2.79. The zero-order chi connectivity index (χ0) is 14.8. The Morgan fingerprint density at radius 2 is 2.05 bits per heavy atom. The average Bonchev–Trinajstić information content (AvgIpc) is 3.16. The molecule has 0 saturated carbocycles. The first kappa shape index (κ1) is 13.7. The molecule has 0 unspecified atom stereocenters. The minimum atomic E-state index is -0.937. The summed E-state index contributed by atoms with van der Waals surface area (Å²) in [5, 5.41) is 13.2. The summed E-state index contributed by atoms with van der Waals surface area (Å²) in [6.07, 6.45) is 1.42. The fourth-order valence-electron chi connectivity index (χ4n) is 1.66. The highest BCUT2D eigenvalue weighted by Gasteiger charge is 2.12. The van der Waals surface area contributed by atoms with Gasteiger partial charge in [0.15, 0.2) is 0 Å². The first-order valence-corrected chi connectivity index (χ1v) is 7.57. The molecular formula is C13H9N3O3S2. The number of aromatic carboxylic acids is 1. The van der Waals surface area contributed by atoms with Crippen LogP contribution in [0.2, 0.25) is 0 Å². The van der Waals surface area contributed by atoms with Crippen molar-refractivity contribution in [3.63, 3.8) is 0 Å². The van der Waals surface area contributed by atoms with E-state index in [1.807, 2.05) is 5.38 Å². The second-order valence-corrected chi connectivity index (χ2v) is 5.76. The van der Waals surface area contributed by atoms with Gasteiger partial charge in [-0.05, 0) is 6.07 Å². The van der Waals surface area contributed by atoms with E-state index in [2.05, 4.69) is 15.0 Å². The van der Waals surface area contributed by atoms with Gasteiger partial charge in [0.05, 0.1) is 23.2 Å². The van der Waals surface area contributed by atoms with E-state index in [1.54, 1.807) is 24.6 Å². The predicted octanol–water partition coefficient (Wildman–Crippen LogP) is 3.04. The maximum Gasteiger partial charge on any atom is 0.336 e. The lowest BCUT2D eigenvalue weighted by atomic mass is 10.3. The fraction of sp³-hybridized carbons (Fsp3) is 0.0769. The summed E-state index contributed by atoms with van der Waals surface area (Å²) in [6, 6.07) is 3.33. The lowest BCUT2D eigenvalue weighted by Crippen LogP contribution is -1.91. The summed E-state index contributed by atoms with van der Waals surface area (Å²) in [6.45, 7) is 0. The molecule has 8 heteroatoms. The zero-order valence-corrected chi connectivity index (χ0v) is 12.4. The Bertz CT molecular complexity index is 797. The minimum Gasteiger partial charge on any atom is -0.481 e. The van der Waals surface area contributed by atoms with Crippen molar-refractivity contribution in [2.24, 2.45) is 0 Å². The van der Waals surface area contributed by atoms with Crippen LogP contribution in [0.3, 0.4) is 0 Å². The number of thiophene rings is 1. The molecule has 0 spiro atoms. The monoisotopic (exact) mass is 319 g/mol. The van der Waals surface area contributed by atoms with Crippen LogP contribution in [0.4, 0.5) is 0 Å². The molecule has 1 N–H and O–H groups in total. The second kappa shape index (κ2) is 5.58. The van der Waals surface area contributed by atoms with Gasteiger partial charge >= 0.3 is 5.97 Å². The molecule has 0 aromatic carbocycles. The number of aromatic nitrogens is 3. The van der Waals surface area contributed by atoms with Crippen molar-refractivity contribution in [3.05, 3.63) is 34.8 Å². The molecule has 0 aliphatic rings. The number of rotatable bonds is 4. The predicted molar refractivity (Wildman–Crippen MR) is 80.0 cm³/mol. The summed E-state index contributed by atoms with van der Waals surface area (Å²) in [7, 11) is 1.54. The van der Waals surface area contributed by atoms with Gasteiger partial charge in [-0.3, -0.25) is 0 Å². The molecule has 21 heavy (non-hydrogen) atoms. The highest BCUT2D eigenvalue weighted by Crippen LogP contribution is 2.32. The van der Waals surface area contributed by atoms with Crippen molar-refractivity contribution in [3.8, 4) is 27.2 Å². The minimum absolute atomic E-state index is 0.272. The smallest absolute Gasteiger partial charge is 0.336 e. The molecule has 0 saturated heterocycles. The molecule has 0 atom stereocenters. The molecule has 3 aromatic rings. The largest absolute Gasteiger partial charge is 0.481 e. The summed E-state index contributed by atoms with van der Waals surface area (Å²) < 4.78 is 5.06. The molecular weight excluding hydrogens is 310 g/mol. The van der Waals surface area contributed by atoms with Crippen LogP contribution in [0, 0.1) is 0 Å². The van der Waals surface area contributed by atoms with Gasteiger partial charge in [0, 0.05) is 16.8 Å². The Kier molecular flexibility index (Phi) is 3.63. The molecule has 0 amide bonds. The van der Waals surface area contributed by atoms with Crippen LogP contribution in [-0.2, 0) is 0 Å². The van der Waals surface area contributed by atoms with Gasteiger partial charge in [-0.15, -0.1) is 22.7 Å². The zero-order valence-electron chi connectivity index (χ0n) is 10.8. The highest BCUT2D eigenvalue weighted by molar-refractivity contribution is 7.15. The molecule has 0 bridgehead atoms. The quantitative estimate of drug-likeness (QED) is 0.795. The Morgan fingerprint density at radius 3 is 2.76 bits per heavy atom. The van der Waals surface area contributed by atoms with E-state index in [9.17, 15) is 4.79 Å². The van der Waals surface area contributed by atoms with E-state index in [-0.39, 0.29) is 5.56 Å². The van der Waals surface area contributed by atoms with Gasteiger partial charge < -0.3 is 9.84 Å². The molecule has 3 aromatic heterocycles. The molecule has 0 fully saturated rings. The molecule has 0 aliphatic heterocycles. The number of carboxylic acid groups (broad SMARTS) is 1. The number of hydrogen-bond donors (Lipinski definition) is 1. The molecule has 3 rings (SSSR count). The third kappa shape index (κ3) is 2.76. The van der Waals surface area contributed by atoms with Gasteiger partial charge in [0.25, 0.3) is 0 Å². The summed E-state index contributed by atoms with van der Waals surface area (Å²) in [5.74, 6) is -0.463. The fourth-order valence-corrected chi connectivity index (χ4v) is 3.36. The van der Waals surface area contributed by atoms with Crippen molar-refractivity contribution in [2.75, 3.05) is 7.11 Å². The first-order valence-electron chi connectivity index (χ1n) is 5.81. The molecule has 0 radical (unpaired) electrons. The van der Waals surface area contributed by atoms with Crippen LogP contribution < -0.4 is 4.74 Å². The Labute approximate surface area is 127 Å². The Morgan fingerprint density at radius 1 is 1.19 bits per heavy atom. The molecule has 106 valence electrons. The van der Waals surface area contributed by atoms with Gasteiger partial charge in [0.2, 0.25) is 5.88 Å². The van der Waals surface area contributed by atoms with Gasteiger partial charge in [-0.1, -0.05) is 0 Å². The third-order valence-corrected chi connectivity index (χ3v) is 4.49. The van der Waals surface area contributed by atoms with E-state index >= 15 is 0 Å². The Hall–Kier alpha value is -2.32. The van der Waals surface area contributed by atoms with Crippen molar-refractivity contribution in [2.45, 2.75) is 0 Å². The van der Waals surface area contributed by atoms with Crippen LogP contribution >= 0.6 is 22.7 Å². The van der Waals surface area contributed by atoms with Crippen LogP contribution in [0.15, 0.2) is 29.2 Å². The highest BCUT2D eigenvalue weighted by atomic mass is 32.1. The van der Waals surface area contributed by atoms with Crippen LogP contribution in [0.25, 0.3) is 21.3 Å². The summed E-state index contributed by atoms with van der Waals surface area (Å²) in [4.78, 5) is 24.3. The van der Waals surface area contributed by atoms with Crippen LogP contribution in [0.5, 0.6) is 5.88 Å². The van der Waals surface area contributed by atoms with Gasteiger partial charge in [-0.2, -0.15) is 0 Å². The lowest BCUT2D eigenvalue weighted by Gasteiger charge is -1.98. The molecule has 0 aliphatic carbocycles. The number of ether oxygens (including phenoxy) is 1. The topological polar surface area (TPSA) is 85.2 Å².